The molecule has 0 fully saturated rings. The predicted molar refractivity (Wildman–Crippen MR) is 67.1 cm³/mol. The van der Waals surface area contributed by atoms with Gasteiger partial charge in [-0.1, -0.05) is 0 Å². The zero-order valence-corrected chi connectivity index (χ0v) is 11.5. The standard InChI is InChI=1S/C9H16N4O5S/c1-7-11-5-9(13(14)15)12(7)8(3-4-18-2)6-19(10,16)17/h5,8H,3-4,6H2,1-2H3,(H2,10,16,17). The highest BCUT2D eigenvalue weighted by atomic mass is 32.2. The molecule has 0 spiro atoms. The lowest BCUT2D eigenvalue weighted by Crippen LogP contribution is -2.27. The molecule has 0 bridgehead atoms. The number of hydrogen-bond acceptors (Lipinski definition) is 6. The molecule has 1 rings (SSSR count). The summed E-state index contributed by atoms with van der Waals surface area (Å²) in [6.07, 6.45) is 1.38. The lowest BCUT2D eigenvalue weighted by Gasteiger charge is -2.15. The second-order valence-electron chi connectivity index (χ2n) is 4.06. The molecule has 0 aliphatic rings. The number of methoxy groups -OCH3 is 1. The summed E-state index contributed by atoms with van der Waals surface area (Å²) >= 11 is 0. The third-order valence-corrected chi connectivity index (χ3v) is 3.44. The molecule has 0 aromatic carbocycles. The van der Waals surface area contributed by atoms with E-state index in [-0.39, 0.29) is 18.8 Å². The normalized spacial score (nSPS) is 13.4. The van der Waals surface area contributed by atoms with Gasteiger partial charge >= 0.3 is 5.82 Å². The Morgan fingerprint density at radius 1 is 1.63 bits per heavy atom. The number of primary sulfonamides is 1. The Morgan fingerprint density at radius 3 is 2.74 bits per heavy atom. The number of nitro groups is 1. The van der Waals surface area contributed by atoms with Crippen LogP contribution < -0.4 is 5.14 Å². The molecule has 19 heavy (non-hydrogen) atoms. The topological polar surface area (TPSA) is 130 Å². The molecule has 108 valence electrons. The van der Waals surface area contributed by atoms with Crippen molar-refractivity contribution in [3.63, 3.8) is 0 Å². The molecule has 0 saturated carbocycles. The van der Waals surface area contributed by atoms with Crippen molar-refractivity contribution in [3.8, 4) is 0 Å². The summed E-state index contributed by atoms with van der Waals surface area (Å²) in [5.74, 6) is -0.312. The SMILES string of the molecule is COCCC(CS(N)(=O)=O)n1c([N+](=O)[O-])cnc1C. The summed E-state index contributed by atoms with van der Waals surface area (Å²) in [7, 11) is -2.30. The molecule has 9 nitrogen and oxygen atoms in total. The van der Waals surface area contributed by atoms with Gasteiger partial charge in [0.2, 0.25) is 10.0 Å². The quantitative estimate of drug-likeness (QED) is 0.554. The molecule has 0 radical (unpaired) electrons. The van der Waals surface area contributed by atoms with Crippen molar-refractivity contribution < 1.29 is 18.1 Å². The van der Waals surface area contributed by atoms with Crippen molar-refractivity contribution in [1.29, 1.82) is 0 Å². The van der Waals surface area contributed by atoms with Crippen LogP contribution in [0.3, 0.4) is 0 Å². The molecule has 10 heteroatoms. The van der Waals surface area contributed by atoms with Gasteiger partial charge in [-0.2, -0.15) is 0 Å². The van der Waals surface area contributed by atoms with E-state index in [1.807, 2.05) is 0 Å². The first-order valence-corrected chi connectivity index (χ1v) is 7.15. The van der Waals surface area contributed by atoms with E-state index in [9.17, 15) is 18.5 Å². The van der Waals surface area contributed by atoms with Crippen LogP contribution in [-0.4, -0.2) is 42.4 Å². The number of imidazole rings is 1. The molecule has 2 N–H and O–H groups in total. The average Bonchev–Trinajstić information content (AvgIpc) is 2.65. The first-order valence-electron chi connectivity index (χ1n) is 5.44. The van der Waals surface area contributed by atoms with Crippen LogP contribution in [0.4, 0.5) is 5.82 Å². The summed E-state index contributed by atoms with van der Waals surface area (Å²) in [5.41, 5.74) is 0. The molecule has 1 unspecified atom stereocenters. The van der Waals surface area contributed by atoms with Crippen LogP contribution >= 0.6 is 0 Å². The number of rotatable bonds is 7. The van der Waals surface area contributed by atoms with Gasteiger partial charge in [-0.3, -0.25) is 0 Å². The van der Waals surface area contributed by atoms with Crippen LogP contribution in [-0.2, 0) is 14.8 Å². The highest BCUT2D eigenvalue weighted by Gasteiger charge is 2.29. The van der Waals surface area contributed by atoms with Gasteiger partial charge in [0.25, 0.3) is 0 Å². The fourth-order valence-corrected chi connectivity index (χ4v) is 2.69. The largest absolute Gasteiger partial charge is 0.385 e. The average molecular weight is 292 g/mol. The minimum Gasteiger partial charge on any atom is -0.385 e. The van der Waals surface area contributed by atoms with Crippen LogP contribution in [0.25, 0.3) is 0 Å². The van der Waals surface area contributed by atoms with Gasteiger partial charge in [-0.25, -0.2) is 23.1 Å². The molecular formula is C9H16N4O5S. The number of aromatic nitrogens is 2. The third kappa shape index (κ3) is 4.26. The molecular weight excluding hydrogens is 276 g/mol. The maximum atomic E-state index is 11.2. The number of hydrogen-bond donors (Lipinski definition) is 1. The van der Waals surface area contributed by atoms with Crippen molar-refractivity contribution in [2.45, 2.75) is 19.4 Å². The van der Waals surface area contributed by atoms with Gasteiger partial charge in [0, 0.05) is 20.5 Å². The monoisotopic (exact) mass is 292 g/mol. The van der Waals surface area contributed by atoms with E-state index < -0.39 is 26.7 Å². The number of nitrogens with zero attached hydrogens (tertiary/aromatic N) is 3. The van der Waals surface area contributed by atoms with E-state index in [0.717, 1.165) is 6.20 Å². The first kappa shape index (κ1) is 15.5. The Kier molecular flexibility index (Phi) is 4.97. The van der Waals surface area contributed by atoms with Crippen LogP contribution in [0.15, 0.2) is 6.20 Å². The fourth-order valence-electron chi connectivity index (χ4n) is 1.84. The lowest BCUT2D eigenvalue weighted by atomic mass is 10.2. The molecule has 1 aromatic heterocycles. The molecule has 0 aliphatic heterocycles. The summed E-state index contributed by atoms with van der Waals surface area (Å²) in [6, 6.07) is -0.683. The number of ether oxygens (including phenoxy) is 1. The Balaban J connectivity index is 3.16. The van der Waals surface area contributed by atoms with Crippen molar-refractivity contribution in [2.75, 3.05) is 19.5 Å². The Bertz CT molecular complexity index is 553. The Labute approximate surface area is 110 Å². The van der Waals surface area contributed by atoms with E-state index in [2.05, 4.69) is 4.98 Å². The van der Waals surface area contributed by atoms with Crippen LogP contribution in [0.1, 0.15) is 18.3 Å². The highest BCUT2D eigenvalue weighted by molar-refractivity contribution is 7.89. The van der Waals surface area contributed by atoms with E-state index in [1.165, 1.54) is 11.7 Å². The van der Waals surface area contributed by atoms with Gasteiger partial charge < -0.3 is 14.9 Å². The van der Waals surface area contributed by atoms with Gasteiger partial charge in [-0.05, 0) is 4.92 Å². The lowest BCUT2D eigenvalue weighted by molar-refractivity contribution is -0.392. The first-order chi connectivity index (χ1) is 8.76. The van der Waals surface area contributed by atoms with Crippen LogP contribution in [0, 0.1) is 17.0 Å². The molecule has 1 heterocycles. The number of sulfonamides is 1. The van der Waals surface area contributed by atoms with Crippen LogP contribution in [0.2, 0.25) is 0 Å². The Hall–Kier alpha value is -1.52. The van der Waals surface area contributed by atoms with E-state index in [0.29, 0.717) is 5.82 Å². The van der Waals surface area contributed by atoms with Gasteiger partial charge in [0.1, 0.15) is 18.0 Å². The van der Waals surface area contributed by atoms with Crippen molar-refractivity contribution in [3.05, 3.63) is 22.1 Å². The minimum absolute atomic E-state index is 0.259. The van der Waals surface area contributed by atoms with Crippen LogP contribution in [0.5, 0.6) is 0 Å². The maximum absolute atomic E-state index is 11.2. The summed E-state index contributed by atoms with van der Waals surface area (Å²) in [5, 5.41) is 15.9. The van der Waals surface area contributed by atoms with Gasteiger partial charge in [0.05, 0.1) is 6.61 Å². The predicted octanol–water partition coefficient (Wildman–Crippen LogP) is -0.0342. The van der Waals surface area contributed by atoms with E-state index >= 15 is 0 Å². The van der Waals surface area contributed by atoms with Crippen molar-refractivity contribution in [2.24, 2.45) is 5.14 Å². The van der Waals surface area contributed by atoms with Gasteiger partial charge in [0.15, 0.2) is 5.82 Å². The number of aryl methyl sites for hydroxylation is 1. The van der Waals surface area contributed by atoms with Crippen molar-refractivity contribution >= 4 is 15.8 Å². The zero-order chi connectivity index (χ0) is 14.6. The van der Waals surface area contributed by atoms with Gasteiger partial charge in [-0.15, -0.1) is 0 Å². The smallest absolute Gasteiger partial charge is 0.343 e. The highest BCUT2D eigenvalue weighted by Crippen LogP contribution is 2.23. The van der Waals surface area contributed by atoms with E-state index in [4.69, 9.17) is 9.88 Å². The summed E-state index contributed by atoms with van der Waals surface area (Å²) < 4.78 is 28.6. The zero-order valence-electron chi connectivity index (χ0n) is 10.6. The second-order valence-corrected chi connectivity index (χ2v) is 5.71. The van der Waals surface area contributed by atoms with E-state index in [1.54, 1.807) is 6.92 Å². The summed E-state index contributed by atoms with van der Waals surface area (Å²) in [6.45, 7) is 1.82. The maximum Gasteiger partial charge on any atom is 0.343 e. The molecule has 1 aromatic rings. The minimum atomic E-state index is -3.77. The second kappa shape index (κ2) is 6.08. The number of nitrogens with two attached hydrogens (primary N) is 1. The van der Waals surface area contributed by atoms with Crippen molar-refractivity contribution in [1.82, 2.24) is 9.55 Å². The summed E-state index contributed by atoms with van der Waals surface area (Å²) in [4.78, 5) is 14.1. The molecule has 0 saturated heterocycles. The molecule has 1 atom stereocenters. The molecule has 0 amide bonds. The molecule has 0 aliphatic carbocycles. The third-order valence-electron chi connectivity index (χ3n) is 2.59. The Morgan fingerprint density at radius 2 is 2.26 bits per heavy atom. The fraction of sp³-hybridized carbons (Fsp3) is 0.667.